The Morgan fingerprint density at radius 1 is 1.31 bits per heavy atom. The molecule has 13 heavy (non-hydrogen) atoms. The van der Waals surface area contributed by atoms with Gasteiger partial charge in [-0.2, -0.15) is 6.42 Å². The van der Waals surface area contributed by atoms with Crippen LogP contribution in [0.25, 0.3) is 0 Å². The van der Waals surface area contributed by atoms with Crippen molar-refractivity contribution in [3.63, 3.8) is 0 Å². The first-order chi connectivity index (χ1) is 5.52. The fourth-order valence-electron chi connectivity index (χ4n) is 1.97. The van der Waals surface area contributed by atoms with Crippen LogP contribution >= 0.6 is 0 Å². The Morgan fingerprint density at radius 2 is 1.85 bits per heavy atom. The van der Waals surface area contributed by atoms with Crippen LogP contribution in [0.5, 0.6) is 0 Å². The molecule has 0 aromatic carbocycles. The van der Waals surface area contributed by atoms with Crippen molar-refractivity contribution in [1.29, 1.82) is 0 Å². The third kappa shape index (κ3) is 7.78. The van der Waals surface area contributed by atoms with E-state index in [0.29, 0.717) is 0 Å². The molecule has 0 aliphatic carbocycles. The molecule has 0 rings (SSSR count). The molecule has 1 radical (unpaired) electrons. The van der Waals surface area contributed by atoms with E-state index in [4.69, 9.17) is 0 Å². The van der Waals surface area contributed by atoms with Crippen LogP contribution in [0.15, 0.2) is 0 Å². The summed E-state index contributed by atoms with van der Waals surface area (Å²) < 4.78 is 0. The van der Waals surface area contributed by atoms with Gasteiger partial charge in [-0.05, 0) is 0 Å². The van der Waals surface area contributed by atoms with Gasteiger partial charge in [-0.15, -0.1) is 0 Å². The quantitative estimate of drug-likeness (QED) is 0.410. The molecule has 3 heteroatoms. The number of hydrogen-bond donors (Lipinski definition) is 0. The minimum absolute atomic E-state index is 0. The summed E-state index contributed by atoms with van der Waals surface area (Å²) in [5, 5.41) is 0. The molecule has 0 spiro atoms. The van der Waals surface area contributed by atoms with Gasteiger partial charge in [0.05, 0.1) is 0 Å². The predicted octanol–water partition coefficient (Wildman–Crippen LogP) is 3.99. The van der Waals surface area contributed by atoms with Crippen LogP contribution in [-0.4, -0.2) is 16.9 Å². The summed E-state index contributed by atoms with van der Waals surface area (Å²) in [6, 6.07) is 2.94. The van der Waals surface area contributed by atoms with E-state index in [9.17, 15) is 0 Å². The van der Waals surface area contributed by atoms with Crippen molar-refractivity contribution in [2.75, 3.05) is 0 Å². The molecule has 0 aliphatic heterocycles. The van der Waals surface area contributed by atoms with Crippen LogP contribution in [0.3, 0.4) is 0 Å². The average Bonchev–Trinajstić information content (AvgIpc) is 1.85. The van der Waals surface area contributed by atoms with Gasteiger partial charge in [0, 0.05) is 16.9 Å². The van der Waals surface area contributed by atoms with Crippen LogP contribution in [0.4, 0.5) is 0 Å². The van der Waals surface area contributed by atoms with Crippen molar-refractivity contribution < 1.29 is 0 Å². The topological polar surface area (TPSA) is 0 Å². The second-order valence-electron chi connectivity index (χ2n) is 4.65. The first-order valence-electron chi connectivity index (χ1n) is 5.12. The van der Waals surface area contributed by atoms with Crippen molar-refractivity contribution in [2.24, 2.45) is 0 Å². The summed E-state index contributed by atoms with van der Waals surface area (Å²) in [7, 11) is -0.806. The zero-order chi connectivity index (χ0) is 9.61. The summed E-state index contributed by atoms with van der Waals surface area (Å²) in [5.74, 6) is 0. The SMILES string of the molecule is [CH2-]CC[Si](C)C[Si](C)(C)CCC.[Rf]. The normalized spacial score (nSPS) is 11.5. The maximum Gasteiger partial charge on any atom is 0.0445 e. The van der Waals surface area contributed by atoms with Gasteiger partial charge in [0.1, 0.15) is 0 Å². The van der Waals surface area contributed by atoms with Gasteiger partial charge in [-0.1, -0.05) is 50.7 Å². The molecular formula is C10H24RfSi2-. The third-order valence-corrected chi connectivity index (χ3v) is 11.6. The maximum atomic E-state index is 3.94. The molecule has 0 aromatic rings. The molecule has 0 saturated heterocycles. The minimum atomic E-state index is -0.786. The summed E-state index contributed by atoms with van der Waals surface area (Å²) in [6.07, 6.45) is 2.54. The molecule has 0 heterocycles. The van der Waals surface area contributed by atoms with Gasteiger partial charge in [-0.3, -0.25) is 0 Å². The molecule has 0 aliphatic rings. The number of hydrogen-bond acceptors (Lipinski definition) is 0. The molecule has 0 nitrogen and oxygen atoms in total. The van der Waals surface area contributed by atoms with Gasteiger partial charge in [-0.25, -0.2) is 0 Å². The van der Waals surface area contributed by atoms with E-state index < -0.39 is 8.07 Å². The molecule has 0 amide bonds. The first-order valence-corrected chi connectivity index (χ1v) is 10.9. The summed E-state index contributed by atoms with van der Waals surface area (Å²) in [4.78, 5) is 0. The fraction of sp³-hybridized carbons (Fsp3) is 0.900. The van der Waals surface area contributed by atoms with E-state index in [-0.39, 0.29) is 8.80 Å². The van der Waals surface area contributed by atoms with Gasteiger partial charge < -0.3 is 6.92 Å². The molecule has 75 valence electrons. The second-order valence-corrected chi connectivity index (χ2v) is 13.3. The van der Waals surface area contributed by atoms with Crippen LogP contribution in [0.1, 0.15) is 19.8 Å². The fourth-order valence-corrected chi connectivity index (χ4v) is 11.9. The van der Waals surface area contributed by atoms with E-state index in [0.717, 1.165) is 6.42 Å². The Labute approximate surface area is 81.4 Å². The molecular weight excluding hydrogens is 443 g/mol. The van der Waals surface area contributed by atoms with Crippen molar-refractivity contribution >= 4 is 16.9 Å². The smallest absolute Gasteiger partial charge is 0.0445 e. The van der Waals surface area contributed by atoms with Crippen LogP contribution < -0.4 is 0 Å². The van der Waals surface area contributed by atoms with E-state index in [2.05, 4.69) is 33.5 Å². The Balaban J connectivity index is 0. The van der Waals surface area contributed by atoms with E-state index in [1.807, 2.05) is 0 Å². The van der Waals surface area contributed by atoms with E-state index in [1.165, 1.54) is 18.5 Å². The Kier molecular flexibility index (Phi) is 7.92. The average molecular weight is 467 g/mol. The zero-order valence-electron chi connectivity index (χ0n) is 9.95. The van der Waals surface area contributed by atoms with Gasteiger partial charge in [0.2, 0.25) is 0 Å². The van der Waals surface area contributed by atoms with Crippen molar-refractivity contribution in [1.82, 2.24) is 0 Å². The maximum absolute atomic E-state index is 3.94. The van der Waals surface area contributed by atoms with Crippen molar-refractivity contribution in [3.05, 3.63) is 6.92 Å². The van der Waals surface area contributed by atoms with Crippen LogP contribution in [0, 0.1) is 6.92 Å². The Morgan fingerprint density at radius 3 is 2.23 bits per heavy atom. The molecule has 0 aromatic heterocycles. The third-order valence-electron chi connectivity index (χ3n) is 2.31. The summed E-state index contributed by atoms with van der Waals surface area (Å²) >= 11 is 0. The second kappa shape index (κ2) is 6.90. The van der Waals surface area contributed by atoms with Crippen LogP contribution in [-0.2, 0) is 0 Å². The Hall–Kier alpha value is -0.566. The molecule has 0 bridgehead atoms. The Bertz CT molecular complexity index is 115. The van der Waals surface area contributed by atoms with E-state index >= 15 is 0 Å². The first kappa shape index (κ1) is 14.9. The molecule has 0 atom stereocenters. The monoisotopic (exact) mass is 467 g/mol. The largest absolute Gasteiger partial charge is 0.344 e. The number of rotatable bonds is 6. The summed E-state index contributed by atoms with van der Waals surface area (Å²) in [6.45, 7) is 13.8. The standard InChI is InChI=1S/C10H24Si2.Rf/c1-6-8-11(3)10-12(4,5)9-7-2;/h1,6-10H2,2-5H3;/q-1;. The van der Waals surface area contributed by atoms with Gasteiger partial charge in [0.15, 0.2) is 0 Å². The van der Waals surface area contributed by atoms with Gasteiger partial charge in [0.25, 0.3) is 0 Å². The minimum Gasteiger partial charge on any atom is -0.344 e. The predicted molar refractivity (Wildman–Crippen MR) is 63.8 cm³/mol. The van der Waals surface area contributed by atoms with Crippen molar-refractivity contribution in [3.8, 4) is 0 Å². The van der Waals surface area contributed by atoms with E-state index in [1.54, 1.807) is 5.67 Å². The molecule has 0 N–H and O–H groups in total. The molecule has 0 unspecified atom stereocenters. The van der Waals surface area contributed by atoms with Crippen LogP contribution in [0.2, 0.25) is 37.4 Å². The summed E-state index contributed by atoms with van der Waals surface area (Å²) in [5.41, 5.74) is 1.60. The zero-order valence-corrected chi connectivity index (χ0v) is 18.3. The molecule has 0 saturated carbocycles. The molecule has 0 fully saturated rings. The van der Waals surface area contributed by atoms with Gasteiger partial charge >= 0.3 is 0 Å². The van der Waals surface area contributed by atoms with Crippen molar-refractivity contribution in [2.45, 2.75) is 57.2 Å².